The fraction of sp³-hybridized carbons (Fsp3) is 0.154. The molecule has 0 saturated carbocycles. The van der Waals surface area contributed by atoms with Gasteiger partial charge in [-0.15, -0.1) is 0 Å². The largest absolute Gasteiger partial charge is 0.504 e. The number of phenols is 2. The molecule has 0 aliphatic rings. The molecule has 0 radical (unpaired) electrons. The van der Waals surface area contributed by atoms with Gasteiger partial charge >= 0.3 is 11.9 Å². The number of aliphatic hydroxyl groups is 1. The Morgan fingerprint density at radius 1 is 1.10 bits per heavy atom. The summed E-state index contributed by atoms with van der Waals surface area (Å²) in [6, 6.07) is 3.55. The second-order valence-corrected chi connectivity index (χ2v) is 4.18. The first-order valence-corrected chi connectivity index (χ1v) is 5.59. The summed E-state index contributed by atoms with van der Waals surface area (Å²) in [5.74, 6) is -5.79. The van der Waals surface area contributed by atoms with Crippen molar-refractivity contribution in [2.75, 3.05) is 0 Å². The van der Waals surface area contributed by atoms with E-state index < -0.39 is 35.5 Å². The fourth-order valence-corrected chi connectivity index (χ4v) is 1.44. The topological polar surface area (TPSA) is 152 Å². The molecular weight excluding hydrogens is 284 g/mol. The van der Waals surface area contributed by atoms with Crippen LogP contribution in [0, 0.1) is 0 Å². The van der Waals surface area contributed by atoms with Crippen molar-refractivity contribution in [2.45, 2.75) is 12.0 Å². The van der Waals surface area contributed by atoms with Crippen LogP contribution in [-0.4, -0.2) is 48.9 Å². The average Bonchev–Trinajstić information content (AvgIpc) is 2.38. The number of aromatic hydroxyl groups is 2. The second kappa shape index (κ2) is 6.06. The number of phenolic OH excluding ortho intramolecular Hbond substituents is 2. The zero-order valence-corrected chi connectivity index (χ0v) is 10.6. The number of benzene rings is 1. The molecule has 8 nitrogen and oxygen atoms in total. The molecule has 0 amide bonds. The molecule has 112 valence electrons. The highest BCUT2D eigenvalue weighted by molar-refractivity contribution is 6.14. The SMILES string of the molecule is O=C(O)CC(O)(C(=O)O)C(=O)/C=C/c1ccc(O)c(O)c1. The van der Waals surface area contributed by atoms with Crippen LogP contribution in [0.4, 0.5) is 0 Å². The summed E-state index contributed by atoms with van der Waals surface area (Å²) in [5, 5.41) is 45.3. The summed E-state index contributed by atoms with van der Waals surface area (Å²) in [7, 11) is 0. The quantitative estimate of drug-likeness (QED) is 0.279. The average molecular weight is 296 g/mol. The molecule has 8 heteroatoms. The number of carbonyl (C=O) groups is 3. The van der Waals surface area contributed by atoms with Crippen LogP contribution in [-0.2, 0) is 14.4 Å². The van der Waals surface area contributed by atoms with Gasteiger partial charge in [-0.25, -0.2) is 4.79 Å². The first-order valence-electron chi connectivity index (χ1n) is 5.59. The van der Waals surface area contributed by atoms with Crippen LogP contribution in [0.2, 0.25) is 0 Å². The minimum Gasteiger partial charge on any atom is -0.504 e. The van der Waals surface area contributed by atoms with Gasteiger partial charge in [0.25, 0.3) is 0 Å². The van der Waals surface area contributed by atoms with E-state index in [4.69, 9.17) is 15.3 Å². The van der Waals surface area contributed by atoms with Crippen molar-refractivity contribution < 1.29 is 39.9 Å². The summed E-state index contributed by atoms with van der Waals surface area (Å²) < 4.78 is 0. The van der Waals surface area contributed by atoms with Gasteiger partial charge in [0.2, 0.25) is 5.60 Å². The van der Waals surface area contributed by atoms with E-state index in [0.717, 1.165) is 18.2 Å². The maximum atomic E-state index is 11.7. The lowest BCUT2D eigenvalue weighted by Crippen LogP contribution is -2.47. The number of aliphatic carboxylic acids is 2. The van der Waals surface area contributed by atoms with Gasteiger partial charge in [0, 0.05) is 0 Å². The number of hydrogen-bond donors (Lipinski definition) is 5. The molecule has 1 aromatic carbocycles. The molecule has 0 bridgehead atoms. The molecule has 5 N–H and O–H groups in total. The Kier molecular flexibility index (Phi) is 4.67. The van der Waals surface area contributed by atoms with Gasteiger partial charge < -0.3 is 25.5 Å². The zero-order chi connectivity index (χ0) is 16.2. The molecule has 1 unspecified atom stereocenters. The van der Waals surface area contributed by atoms with Crippen molar-refractivity contribution in [1.29, 1.82) is 0 Å². The highest BCUT2D eigenvalue weighted by atomic mass is 16.4. The highest BCUT2D eigenvalue weighted by Crippen LogP contribution is 2.25. The Bertz CT molecular complexity index is 619. The first kappa shape index (κ1) is 16.2. The summed E-state index contributed by atoms with van der Waals surface area (Å²) in [6.45, 7) is 0. The minimum atomic E-state index is -3.07. The van der Waals surface area contributed by atoms with Gasteiger partial charge in [0.1, 0.15) is 0 Å². The molecular formula is C13H12O8. The Morgan fingerprint density at radius 2 is 1.71 bits per heavy atom. The van der Waals surface area contributed by atoms with Crippen molar-refractivity contribution in [3.63, 3.8) is 0 Å². The van der Waals surface area contributed by atoms with Crippen molar-refractivity contribution >= 4 is 23.8 Å². The number of carboxylic acid groups (broad SMARTS) is 2. The maximum Gasteiger partial charge on any atom is 0.344 e. The normalized spacial score (nSPS) is 13.8. The molecule has 0 aliphatic carbocycles. The van der Waals surface area contributed by atoms with Crippen LogP contribution in [0.15, 0.2) is 24.3 Å². The Balaban J connectivity index is 3.01. The van der Waals surface area contributed by atoms with Crippen molar-refractivity contribution in [1.82, 2.24) is 0 Å². The predicted molar refractivity (Wildman–Crippen MR) is 68.7 cm³/mol. The van der Waals surface area contributed by atoms with Crippen molar-refractivity contribution in [2.24, 2.45) is 0 Å². The minimum absolute atomic E-state index is 0.238. The van der Waals surface area contributed by atoms with E-state index in [2.05, 4.69) is 0 Å². The molecule has 0 saturated heterocycles. The van der Waals surface area contributed by atoms with E-state index in [0.29, 0.717) is 6.08 Å². The van der Waals surface area contributed by atoms with Crippen LogP contribution in [0.5, 0.6) is 11.5 Å². The molecule has 1 aromatic rings. The van der Waals surface area contributed by atoms with E-state index >= 15 is 0 Å². The van der Waals surface area contributed by atoms with Crippen LogP contribution in [0.1, 0.15) is 12.0 Å². The molecule has 0 aliphatic heterocycles. The van der Waals surface area contributed by atoms with Gasteiger partial charge in [-0.1, -0.05) is 12.1 Å². The Morgan fingerprint density at radius 3 is 2.19 bits per heavy atom. The summed E-state index contributed by atoms with van der Waals surface area (Å²) in [5.41, 5.74) is -2.83. The molecule has 0 spiro atoms. The Labute approximate surface area is 118 Å². The van der Waals surface area contributed by atoms with Gasteiger partial charge in [-0.2, -0.15) is 0 Å². The number of hydrogen-bond acceptors (Lipinski definition) is 6. The third kappa shape index (κ3) is 3.80. The van der Waals surface area contributed by atoms with E-state index in [1.54, 1.807) is 0 Å². The summed E-state index contributed by atoms with van der Waals surface area (Å²) in [4.78, 5) is 33.1. The number of ketones is 1. The van der Waals surface area contributed by atoms with Crippen LogP contribution in [0.3, 0.4) is 0 Å². The molecule has 0 fully saturated rings. The molecule has 0 heterocycles. The van der Waals surface area contributed by atoms with Gasteiger partial charge in [-0.3, -0.25) is 9.59 Å². The van der Waals surface area contributed by atoms with Gasteiger partial charge in [0.15, 0.2) is 17.3 Å². The first-order chi connectivity index (χ1) is 9.66. The van der Waals surface area contributed by atoms with E-state index in [1.165, 1.54) is 6.07 Å². The van der Waals surface area contributed by atoms with Crippen LogP contribution in [0.25, 0.3) is 6.08 Å². The lowest BCUT2D eigenvalue weighted by molar-refractivity contribution is -0.169. The third-order valence-electron chi connectivity index (χ3n) is 2.60. The highest BCUT2D eigenvalue weighted by Gasteiger charge is 2.44. The fourth-order valence-electron chi connectivity index (χ4n) is 1.44. The lowest BCUT2D eigenvalue weighted by atomic mass is 9.93. The van der Waals surface area contributed by atoms with Crippen LogP contribution < -0.4 is 0 Å². The summed E-state index contributed by atoms with van der Waals surface area (Å²) >= 11 is 0. The maximum absolute atomic E-state index is 11.7. The second-order valence-electron chi connectivity index (χ2n) is 4.18. The number of carboxylic acids is 2. The third-order valence-corrected chi connectivity index (χ3v) is 2.60. The standard InChI is InChI=1S/C13H12O8/c14-8-3-1-7(5-9(8)15)2-4-10(16)13(21,12(19)20)6-11(17)18/h1-5,14-15,21H,6H2,(H,17,18)(H,19,20)/b4-2+. The van der Waals surface area contributed by atoms with Crippen molar-refractivity contribution in [3.8, 4) is 11.5 Å². The monoisotopic (exact) mass is 296 g/mol. The van der Waals surface area contributed by atoms with Gasteiger partial charge in [0.05, 0.1) is 6.42 Å². The predicted octanol–water partition coefficient (Wildman–Crippen LogP) is -0.0295. The Hall–Kier alpha value is -2.87. The number of rotatable bonds is 6. The molecule has 1 rings (SSSR count). The van der Waals surface area contributed by atoms with Crippen molar-refractivity contribution in [3.05, 3.63) is 29.8 Å². The smallest absolute Gasteiger partial charge is 0.344 e. The van der Waals surface area contributed by atoms with Gasteiger partial charge in [-0.05, 0) is 23.8 Å². The molecule has 1 atom stereocenters. The number of carbonyl (C=O) groups excluding carboxylic acids is 1. The lowest BCUT2D eigenvalue weighted by Gasteiger charge is -2.17. The van der Waals surface area contributed by atoms with E-state index in [1.807, 2.05) is 0 Å². The van der Waals surface area contributed by atoms with Crippen LogP contribution >= 0.6 is 0 Å². The summed E-state index contributed by atoms with van der Waals surface area (Å²) in [6.07, 6.45) is 0.465. The molecule has 0 aromatic heterocycles. The van der Waals surface area contributed by atoms with E-state index in [9.17, 15) is 24.6 Å². The van der Waals surface area contributed by atoms with E-state index in [-0.39, 0.29) is 11.3 Å². The zero-order valence-electron chi connectivity index (χ0n) is 10.6. The molecule has 21 heavy (non-hydrogen) atoms.